The Morgan fingerprint density at radius 2 is 1.11 bits per heavy atom. The molecule has 2 aromatic heterocycles. The number of hydrogen-bond acceptors (Lipinski definition) is 3. The molecule has 3 heterocycles. The van der Waals surface area contributed by atoms with Gasteiger partial charge < -0.3 is 9.80 Å². The fraction of sp³-hybridized carbons (Fsp3) is 0.196. The summed E-state index contributed by atoms with van der Waals surface area (Å²) >= 11 is 0. The second-order valence-electron chi connectivity index (χ2n) is 17.2. The lowest BCUT2D eigenvalue weighted by Gasteiger charge is -2.28. The first-order valence-corrected chi connectivity index (χ1v) is 19.6. The van der Waals surface area contributed by atoms with Crippen molar-refractivity contribution >= 4 is 44.6 Å². The average molecular weight is 753 g/mol. The number of para-hydroxylation sites is 4. The van der Waals surface area contributed by atoms with Gasteiger partial charge in [-0.2, -0.15) is 8.78 Å². The summed E-state index contributed by atoms with van der Waals surface area (Å²) in [4.78, 5) is 9.23. The van der Waals surface area contributed by atoms with Crippen molar-refractivity contribution in [3.63, 3.8) is 0 Å². The monoisotopic (exact) mass is 752 g/mol. The molecule has 0 bridgehead atoms. The quantitative estimate of drug-likeness (QED) is 0.169. The number of rotatable bonds is 6. The van der Waals surface area contributed by atoms with Crippen LogP contribution < -0.4 is 9.80 Å². The summed E-state index contributed by atoms with van der Waals surface area (Å²) in [5.74, 6) is -2.61. The van der Waals surface area contributed by atoms with Crippen LogP contribution in [0, 0.1) is 0 Å². The molecule has 6 aromatic carbocycles. The Bertz CT molecular complexity index is 2790. The van der Waals surface area contributed by atoms with Crippen molar-refractivity contribution in [3.8, 4) is 16.9 Å². The van der Waals surface area contributed by atoms with Crippen LogP contribution in [0.3, 0.4) is 0 Å². The van der Waals surface area contributed by atoms with Gasteiger partial charge in [-0.15, -0.1) is 0 Å². The van der Waals surface area contributed by atoms with E-state index in [2.05, 4.69) is 124 Å². The van der Waals surface area contributed by atoms with Gasteiger partial charge >= 0.3 is 0 Å². The van der Waals surface area contributed by atoms with E-state index in [1.54, 1.807) is 24.3 Å². The lowest BCUT2D eigenvalue weighted by molar-refractivity contribution is 0.0428. The second kappa shape index (κ2) is 13.4. The van der Waals surface area contributed by atoms with Crippen molar-refractivity contribution < 1.29 is 8.78 Å². The summed E-state index contributed by atoms with van der Waals surface area (Å²) in [5.41, 5.74) is 8.99. The molecule has 0 fully saturated rings. The maximum absolute atomic E-state index is 17.5. The molecule has 6 heteroatoms. The molecule has 0 spiro atoms. The van der Waals surface area contributed by atoms with E-state index in [4.69, 9.17) is 4.98 Å². The van der Waals surface area contributed by atoms with Crippen LogP contribution in [0.15, 0.2) is 158 Å². The molecule has 0 atom stereocenters. The van der Waals surface area contributed by atoms with Crippen LogP contribution in [0.1, 0.15) is 63.8 Å². The summed E-state index contributed by atoms with van der Waals surface area (Å²) in [6, 6.07) is 49.7. The van der Waals surface area contributed by atoms with Crippen LogP contribution in [0.25, 0.3) is 38.8 Å². The van der Waals surface area contributed by atoms with E-state index in [-0.39, 0.29) is 22.0 Å². The van der Waals surface area contributed by atoms with E-state index in [0.29, 0.717) is 18.0 Å². The van der Waals surface area contributed by atoms with Gasteiger partial charge in [-0.25, -0.2) is 4.98 Å². The number of benzene rings is 6. The van der Waals surface area contributed by atoms with Gasteiger partial charge in [-0.3, -0.25) is 4.57 Å². The number of aromatic nitrogens is 2. The van der Waals surface area contributed by atoms with Crippen molar-refractivity contribution in [2.75, 3.05) is 16.5 Å². The van der Waals surface area contributed by atoms with Gasteiger partial charge in [-0.1, -0.05) is 133 Å². The van der Waals surface area contributed by atoms with Gasteiger partial charge in [0.05, 0.1) is 28.1 Å². The molecule has 0 N–H and O–H groups in total. The highest BCUT2D eigenvalue weighted by atomic mass is 19.3. The highest BCUT2D eigenvalue weighted by Crippen LogP contribution is 2.49. The molecule has 284 valence electrons. The summed E-state index contributed by atoms with van der Waals surface area (Å²) in [7, 11) is 0. The number of alkyl halides is 2. The molecule has 4 nitrogen and oxygen atoms in total. The van der Waals surface area contributed by atoms with Gasteiger partial charge in [0.25, 0.3) is 5.92 Å². The Labute approximate surface area is 333 Å². The Morgan fingerprint density at radius 1 is 0.491 bits per heavy atom. The van der Waals surface area contributed by atoms with Crippen LogP contribution >= 0.6 is 0 Å². The van der Waals surface area contributed by atoms with E-state index in [1.165, 1.54) is 0 Å². The number of hydrogen-bond donors (Lipinski definition) is 0. The normalized spacial score (nSPS) is 13.5. The molecule has 0 amide bonds. The van der Waals surface area contributed by atoms with Gasteiger partial charge in [0, 0.05) is 39.3 Å². The Kier molecular flexibility index (Phi) is 8.58. The van der Waals surface area contributed by atoms with Gasteiger partial charge in [0.1, 0.15) is 12.5 Å². The van der Waals surface area contributed by atoms with Crippen molar-refractivity contribution in [1.82, 2.24) is 9.55 Å². The van der Waals surface area contributed by atoms with E-state index < -0.39 is 5.92 Å². The van der Waals surface area contributed by atoms with E-state index in [1.807, 2.05) is 65.4 Å². The minimum absolute atomic E-state index is 0.0413. The van der Waals surface area contributed by atoms with Crippen molar-refractivity contribution in [3.05, 3.63) is 180 Å². The number of pyridine rings is 1. The molecule has 0 aliphatic carbocycles. The van der Waals surface area contributed by atoms with E-state index >= 15 is 8.78 Å². The summed E-state index contributed by atoms with van der Waals surface area (Å²) in [5, 5.41) is 1.90. The summed E-state index contributed by atoms with van der Waals surface area (Å²) in [6.45, 7) is 13.2. The Balaban J connectivity index is 1.18. The highest BCUT2D eigenvalue weighted by molar-refractivity contribution is 6.09. The maximum atomic E-state index is 17.5. The third-order valence-electron chi connectivity index (χ3n) is 11.4. The summed E-state index contributed by atoms with van der Waals surface area (Å²) in [6.07, 6.45) is 1.81. The minimum atomic E-state index is -3.31. The SMILES string of the molecule is CC(C)(C)c1cc(N2CN(c3ccccc3-c3ccccc3)c3ccccc32)cc(C(F)(F)c2ccc3c4ccccc4n(-c4cc(C(C)(C)C)ccn4)c3c2)c1. The Morgan fingerprint density at radius 3 is 1.84 bits per heavy atom. The summed E-state index contributed by atoms with van der Waals surface area (Å²) < 4.78 is 37.0. The zero-order chi connectivity index (χ0) is 39.7. The fourth-order valence-electron chi connectivity index (χ4n) is 8.18. The van der Waals surface area contributed by atoms with Crippen molar-refractivity contribution in [1.29, 1.82) is 0 Å². The molecule has 0 saturated carbocycles. The van der Waals surface area contributed by atoms with E-state index in [9.17, 15) is 0 Å². The minimum Gasteiger partial charge on any atom is -0.321 e. The Hall–Kier alpha value is -6.27. The predicted octanol–water partition coefficient (Wildman–Crippen LogP) is 13.8. The molecule has 1 aliphatic rings. The largest absolute Gasteiger partial charge is 0.321 e. The lowest BCUT2D eigenvalue weighted by Crippen LogP contribution is -2.26. The zero-order valence-corrected chi connectivity index (χ0v) is 33.3. The topological polar surface area (TPSA) is 24.3 Å². The molecule has 57 heavy (non-hydrogen) atoms. The first-order valence-electron chi connectivity index (χ1n) is 19.6. The molecule has 0 saturated heterocycles. The average Bonchev–Trinajstić information content (AvgIpc) is 3.76. The van der Waals surface area contributed by atoms with Gasteiger partial charge in [0.2, 0.25) is 0 Å². The first-order chi connectivity index (χ1) is 27.3. The van der Waals surface area contributed by atoms with Crippen LogP contribution in [0.5, 0.6) is 0 Å². The van der Waals surface area contributed by atoms with Crippen molar-refractivity contribution in [2.45, 2.75) is 58.3 Å². The van der Waals surface area contributed by atoms with Crippen LogP contribution in [-0.4, -0.2) is 16.2 Å². The first kappa shape index (κ1) is 36.4. The third-order valence-corrected chi connectivity index (χ3v) is 11.4. The molecular weight excluding hydrogens is 707 g/mol. The molecular formula is C51H46F2N4. The number of halogens is 2. The predicted molar refractivity (Wildman–Crippen MR) is 233 cm³/mol. The fourth-order valence-corrected chi connectivity index (χ4v) is 8.18. The van der Waals surface area contributed by atoms with Crippen molar-refractivity contribution in [2.24, 2.45) is 0 Å². The second-order valence-corrected chi connectivity index (χ2v) is 17.2. The number of nitrogens with zero attached hydrogens (tertiary/aromatic N) is 4. The van der Waals surface area contributed by atoms with Crippen LogP contribution in [0.4, 0.5) is 31.5 Å². The third kappa shape index (κ3) is 6.33. The lowest BCUT2D eigenvalue weighted by atomic mass is 9.84. The van der Waals surface area contributed by atoms with Crippen LogP contribution in [0.2, 0.25) is 0 Å². The molecule has 1 aliphatic heterocycles. The molecule has 8 aromatic rings. The maximum Gasteiger partial charge on any atom is 0.298 e. The smallest absolute Gasteiger partial charge is 0.298 e. The zero-order valence-electron chi connectivity index (χ0n) is 33.3. The molecule has 0 unspecified atom stereocenters. The number of anilines is 4. The number of fused-ring (bicyclic) bond motifs is 4. The molecule has 0 radical (unpaired) electrons. The molecule has 9 rings (SSSR count). The highest BCUT2D eigenvalue weighted by Gasteiger charge is 2.38. The van der Waals surface area contributed by atoms with Gasteiger partial charge in [-0.05, 0) is 88.2 Å². The van der Waals surface area contributed by atoms with Gasteiger partial charge in [0.15, 0.2) is 0 Å². The van der Waals surface area contributed by atoms with Crippen LogP contribution in [-0.2, 0) is 16.8 Å². The standard InChI is InChI=1S/C51H46F2N4/c1-49(2,3)35-26-27-54-48(32-35)57-44-21-13-11-19-41(44)42-25-24-36(31-47(42)57)51(52,53)38-28-37(50(4,5)6)29-39(30-38)55-33-56(46-23-15-14-22-45(46)55)43-20-12-10-18-40(43)34-16-8-7-9-17-34/h7-32H,33H2,1-6H3. The van der Waals surface area contributed by atoms with E-state index in [0.717, 1.165) is 61.3 Å².